The Morgan fingerprint density at radius 1 is 1.68 bits per heavy atom. The number of hydrogen-bond acceptors (Lipinski definition) is 5. The number of nitrogens with zero attached hydrogens (tertiary/aromatic N) is 2. The van der Waals surface area contributed by atoms with E-state index in [1.807, 2.05) is 0 Å². The number of pyridine rings is 1. The molecule has 1 aliphatic rings. The predicted molar refractivity (Wildman–Crippen MR) is 70.1 cm³/mol. The molecule has 0 bridgehead atoms. The van der Waals surface area contributed by atoms with E-state index in [9.17, 15) is 9.90 Å². The van der Waals surface area contributed by atoms with Gasteiger partial charge in [0.05, 0.1) is 19.4 Å². The molecule has 2 rings (SSSR count). The van der Waals surface area contributed by atoms with Crippen molar-refractivity contribution in [3.05, 3.63) is 23.5 Å². The highest BCUT2D eigenvalue weighted by atomic mass is 16.5. The van der Waals surface area contributed by atoms with E-state index in [2.05, 4.69) is 15.2 Å². The zero-order chi connectivity index (χ0) is 13.8. The lowest BCUT2D eigenvalue weighted by atomic mass is 10.2. The third kappa shape index (κ3) is 3.21. The number of aromatic nitrogens is 1. The number of carbonyl (C=O) groups is 1. The van der Waals surface area contributed by atoms with Crippen LogP contribution in [0.15, 0.2) is 12.3 Å². The van der Waals surface area contributed by atoms with Crippen LogP contribution in [0.4, 0.5) is 0 Å². The van der Waals surface area contributed by atoms with Gasteiger partial charge in [0.2, 0.25) is 0 Å². The van der Waals surface area contributed by atoms with Crippen LogP contribution in [-0.4, -0.2) is 54.2 Å². The molecule has 0 aliphatic carbocycles. The molecule has 6 nitrogen and oxygen atoms in total. The molecule has 104 valence electrons. The molecular formula is C13H19N3O3. The first-order valence-corrected chi connectivity index (χ1v) is 6.29. The zero-order valence-corrected chi connectivity index (χ0v) is 11.2. The van der Waals surface area contributed by atoms with Crippen molar-refractivity contribution in [2.24, 2.45) is 0 Å². The minimum atomic E-state index is -0.258. The van der Waals surface area contributed by atoms with E-state index in [-0.39, 0.29) is 12.0 Å². The summed E-state index contributed by atoms with van der Waals surface area (Å²) in [6.45, 7) is 2.15. The van der Waals surface area contributed by atoms with Crippen molar-refractivity contribution < 1.29 is 14.6 Å². The molecular weight excluding hydrogens is 246 g/mol. The van der Waals surface area contributed by atoms with Crippen molar-refractivity contribution in [1.29, 1.82) is 0 Å². The standard InChI is InChI=1S/C13H19N3O3/c1-14-13(18)11-5-9(12(19-2)6-15-11)7-16-4-3-10(17)8-16/h5-6,10,17H,3-4,7-8H2,1-2H3,(H,14,18)/t10-/m0/s1. The van der Waals surface area contributed by atoms with Gasteiger partial charge in [-0.25, -0.2) is 4.98 Å². The molecule has 1 fully saturated rings. The van der Waals surface area contributed by atoms with Gasteiger partial charge in [-0.1, -0.05) is 0 Å². The summed E-state index contributed by atoms with van der Waals surface area (Å²) >= 11 is 0. The summed E-state index contributed by atoms with van der Waals surface area (Å²) in [5.74, 6) is 0.444. The fraction of sp³-hybridized carbons (Fsp3) is 0.538. The third-order valence-corrected chi connectivity index (χ3v) is 3.27. The van der Waals surface area contributed by atoms with Crippen molar-refractivity contribution in [3.8, 4) is 5.75 Å². The van der Waals surface area contributed by atoms with Crippen LogP contribution in [-0.2, 0) is 6.54 Å². The Hall–Kier alpha value is -1.66. The van der Waals surface area contributed by atoms with Gasteiger partial charge in [-0.15, -0.1) is 0 Å². The molecule has 19 heavy (non-hydrogen) atoms. The summed E-state index contributed by atoms with van der Waals surface area (Å²) in [5, 5.41) is 12.1. The monoisotopic (exact) mass is 265 g/mol. The van der Waals surface area contributed by atoms with Gasteiger partial charge in [-0.3, -0.25) is 9.69 Å². The summed E-state index contributed by atoms with van der Waals surface area (Å²) in [7, 11) is 3.16. The molecule has 1 aromatic heterocycles. The van der Waals surface area contributed by atoms with Crippen LogP contribution in [0.1, 0.15) is 22.5 Å². The van der Waals surface area contributed by atoms with Crippen LogP contribution in [0, 0.1) is 0 Å². The molecule has 0 spiro atoms. The molecule has 0 saturated carbocycles. The van der Waals surface area contributed by atoms with Gasteiger partial charge >= 0.3 is 0 Å². The summed E-state index contributed by atoms with van der Waals surface area (Å²) < 4.78 is 5.27. The fourth-order valence-corrected chi connectivity index (χ4v) is 2.24. The lowest BCUT2D eigenvalue weighted by Crippen LogP contribution is -2.23. The fourth-order valence-electron chi connectivity index (χ4n) is 2.24. The maximum atomic E-state index is 11.6. The molecule has 0 radical (unpaired) electrons. The topological polar surface area (TPSA) is 74.7 Å². The van der Waals surface area contributed by atoms with Crippen molar-refractivity contribution in [1.82, 2.24) is 15.2 Å². The van der Waals surface area contributed by atoms with Crippen LogP contribution in [0.3, 0.4) is 0 Å². The highest BCUT2D eigenvalue weighted by Crippen LogP contribution is 2.22. The third-order valence-electron chi connectivity index (χ3n) is 3.27. The Bertz CT molecular complexity index is 464. The quantitative estimate of drug-likeness (QED) is 0.802. The second-order valence-electron chi connectivity index (χ2n) is 4.64. The average molecular weight is 265 g/mol. The van der Waals surface area contributed by atoms with E-state index in [1.54, 1.807) is 26.4 Å². The number of nitrogens with one attached hydrogen (secondary N) is 1. The van der Waals surface area contributed by atoms with Crippen LogP contribution in [0.5, 0.6) is 5.75 Å². The Kier molecular flexibility index (Phi) is 4.34. The molecule has 1 amide bonds. The first-order chi connectivity index (χ1) is 9.13. The number of β-amino-alcohol motifs (C(OH)–C–C–N with tert-alkyl or cyclic N) is 1. The van der Waals surface area contributed by atoms with Crippen molar-refractivity contribution in [2.75, 3.05) is 27.2 Å². The van der Waals surface area contributed by atoms with Crippen LogP contribution in [0.25, 0.3) is 0 Å². The van der Waals surface area contributed by atoms with Gasteiger partial charge < -0.3 is 15.2 Å². The SMILES string of the molecule is CNC(=O)c1cc(CN2CC[C@H](O)C2)c(OC)cn1. The molecule has 6 heteroatoms. The smallest absolute Gasteiger partial charge is 0.269 e. The Balaban J connectivity index is 2.18. The van der Waals surface area contributed by atoms with Crippen LogP contribution in [0.2, 0.25) is 0 Å². The molecule has 0 aromatic carbocycles. The van der Waals surface area contributed by atoms with E-state index in [4.69, 9.17) is 4.74 Å². The summed E-state index contributed by atoms with van der Waals surface area (Å²) in [6.07, 6.45) is 2.09. The number of carbonyl (C=O) groups excluding carboxylic acids is 1. The second kappa shape index (κ2) is 5.99. The largest absolute Gasteiger partial charge is 0.495 e. The van der Waals surface area contributed by atoms with E-state index < -0.39 is 0 Å². The summed E-state index contributed by atoms with van der Waals surface area (Å²) in [5.41, 5.74) is 1.28. The molecule has 1 aliphatic heterocycles. The normalized spacial score (nSPS) is 19.4. The molecule has 2 heterocycles. The average Bonchev–Trinajstić information content (AvgIpc) is 2.83. The lowest BCUT2D eigenvalue weighted by molar-refractivity contribution is 0.0957. The van der Waals surface area contributed by atoms with Crippen molar-refractivity contribution in [3.63, 3.8) is 0 Å². The van der Waals surface area contributed by atoms with Gasteiger partial charge in [0, 0.05) is 32.2 Å². The number of aliphatic hydroxyl groups is 1. The van der Waals surface area contributed by atoms with E-state index in [0.717, 1.165) is 18.5 Å². The maximum Gasteiger partial charge on any atom is 0.269 e. The zero-order valence-electron chi connectivity index (χ0n) is 11.2. The maximum absolute atomic E-state index is 11.6. The number of hydrogen-bond donors (Lipinski definition) is 2. The number of rotatable bonds is 4. The lowest BCUT2D eigenvalue weighted by Gasteiger charge is -2.17. The Morgan fingerprint density at radius 2 is 2.47 bits per heavy atom. The molecule has 2 N–H and O–H groups in total. The molecule has 1 aromatic rings. The Morgan fingerprint density at radius 3 is 3.05 bits per heavy atom. The van der Waals surface area contributed by atoms with Crippen molar-refractivity contribution in [2.45, 2.75) is 19.1 Å². The summed E-state index contributed by atoms with van der Waals surface area (Å²) in [6, 6.07) is 1.74. The van der Waals surface area contributed by atoms with Crippen LogP contribution < -0.4 is 10.1 Å². The van der Waals surface area contributed by atoms with Gasteiger partial charge in [-0.2, -0.15) is 0 Å². The molecule has 1 atom stereocenters. The first-order valence-electron chi connectivity index (χ1n) is 6.29. The molecule has 1 saturated heterocycles. The minimum absolute atomic E-state index is 0.217. The molecule has 0 unspecified atom stereocenters. The van der Waals surface area contributed by atoms with Gasteiger partial charge in [0.15, 0.2) is 0 Å². The predicted octanol–water partition coefficient (Wildman–Crippen LogP) is 0.0164. The summed E-state index contributed by atoms with van der Waals surface area (Å²) in [4.78, 5) is 17.8. The number of aliphatic hydroxyl groups excluding tert-OH is 1. The van der Waals surface area contributed by atoms with Gasteiger partial charge in [-0.05, 0) is 12.5 Å². The van der Waals surface area contributed by atoms with E-state index in [0.29, 0.717) is 24.5 Å². The van der Waals surface area contributed by atoms with Crippen molar-refractivity contribution >= 4 is 5.91 Å². The number of ether oxygens (including phenoxy) is 1. The number of amides is 1. The highest BCUT2D eigenvalue weighted by Gasteiger charge is 2.21. The van der Waals surface area contributed by atoms with Gasteiger partial charge in [0.25, 0.3) is 5.91 Å². The first kappa shape index (κ1) is 13.8. The van der Waals surface area contributed by atoms with Gasteiger partial charge in [0.1, 0.15) is 11.4 Å². The highest BCUT2D eigenvalue weighted by molar-refractivity contribution is 5.92. The number of methoxy groups -OCH3 is 1. The minimum Gasteiger partial charge on any atom is -0.495 e. The Labute approximate surface area is 112 Å². The second-order valence-corrected chi connectivity index (χ2v) is 4.64. The number of likely N-dealkylation sites (tertiary alicyclic amines) is 1. The van der Waals surface area contributed by atoms with Crippen LogP contribution >= 0.6 is 0 Å². The van der Waals surface area contributed by atoms with E-state index >= 15 is 0 Å². The van der Waals surface area contributed by atoms with E-state index in [1.165, 1.54) is 0 Å².